The Labute approximate surface area is 117 Å². The Bertz CT molecular complexity index is 709. The third-order valence-corrected chi connectivity index (χ3v) is 4.09. The fourth-order valence-electron chi connectivity index (χ4n) is 1.55. The van der Waals surface area contributed by atoms with Gasteiger partial charge in [0.15, 0.2) is 0 Å². The fraction of sp³-hybridized carbons (Fsp3) is 0.333. The summed E-state index contributed by atoms with van der Waals surface area (Å²) in [5.74, 6) is 0.0201. The van der Waals surface area contributed by atoms with E-state index in [0.29, 0.717) is 6.61 Å². The number of H-pyrrole nitrogens is 1. The molecule has 2 aromatic rings. The molecule has 0 bridgehead atoms. The number of aromatic amines is 1. The SMILES string of the molecule is CCOc1n[nH]c(NS(=O)(=O)c2ccc(C)c(C)c2)n1. The van der Waals surface area contributed by atoms with Crippen molar-refractivity contribution >= 4 is 16.0 Å². The van der Waals surface area contributed by atoms with Crippen molar-refractivity contribution in [3.8, 4) is 6.01 Å². The topological polar surface area (TPSA) is 97.0 Å². The molecule has 0 saturated heterocycles. The molecule has 0 atom stereocenters. The number of nitrogens with zero attached hydrogens (tertiary/aromatic N) is 2. The van der Waals surface area contributed by atoms with Crippen LogP contribution in [0.3, 0.4) is 0 Å². The summed E-state index contributed by atoms with van der Waals surface area (Å²) < 4.78 is 31.8. The number of nitrogens with one attached hydrogen (secondary N) is 2. The molecule has 0 unspecified atom stereocenters. The average molecular weight is 296 g/mol. The Hall–Kier alpha value is -2.09. The lowest BCUT2D eigenvalue weighted by Crippen LogP contribution is -2.14. The highest BCUT2D eigenvalue weighted by molar-refractivity contribution is 7.92. The highest BCUT2D eigenvalue weighted by atomic mass is 32.2. The van der Waals surface area contributed by atoms with Crippen molar-refractivity contribution in [2.24, 2.45) is 0 Å². The van der Waals surface area contributed by atoms with Crippen molar-refractivity contribution in [2.75, 3.05) is 11.3 Å². The van der Waals surface area contributed by atoms with Crippen molar-refractivity contribution in [1.82, 2.24) is 15.2 Å². The van der Waals surface area contributed by atoms with Crippen LogP contribution in [0.4, 0.5) is 5.95 Å². The van der Waals surface area contributed by atoms with Crippen LogP contribution in [0.5, 0.6) is 6.01 Å². The zero-order valence-electron chi connectivity index (χ0n) is 11.5. The minimum absolute atomic E-state index is 0.0201. The Morgan fingerprint density at radius 2 is 2.05 bits per heavy atom. The van der Waals surface area contributed by atoms with Crippen LogP contribution in [0.1, 0.15) is 18.1 Å². The van der Waals surface area contributed by atoms with Crippen LogP contribution in [0, 0.1) is 13.8 Å². The monoisotopic (exact) mass is 296 g/mol. The van der Waals surface area contributed by atoms with E-state index in [9.17, 15) is 8.42 Å². The number of hydrogen-bond donors (Lipinski definition) is 2. The molecule has 0 spiro atoms. The van der Waals surface area contributed by atoms with Crippen LogP contribution in [-0.4, -0.2) is 30.2 Å². The number of ether oxygens (including phenoxy) is 1. The maximum absolute atomic E-state index is 12.2. The van der Waals surface area contributed by atoms with E-state index in [1.54, 1.807) is 25.1 Å². The van der Waals surface area contributed by atoms with Crippen LogP contribution in [-0.2, 0) is 10.0 Å². The summed E-state index contributed by atoms with van der Waals surface area (Å²) in [7, 11) is -3.69. The number of benzene rings is 1. The molecule has 0 aliphatic carbocycles. The molecule has 0 aliphatic rings. The molecule has 2 rings (SSSR count). The molecule has 2 N–H and O–H groups in total. The van der Waals surface area contributed by atoms with Crippen LogP contribution in [0.15, 0.2) is 23.1 Å². The summed E-state index contributed by atoms with van der Waals surface area (Å²) in [5.41, 5.74) is 1.93. The number of sulfonamides is 1. The van der Waals surface area contributed by atoms with Gasteiger partial charge in [0, 0.05) is 0 Å². The second-order valence-corrected chi connectivity index (χ2v) is 5.93. The first-order valence-electron chi connectivity index (χ1n) is 6.07. The van der Waals surface area contributed by atoms with Gasteiger partial charge in [-0.15, -0.1) is 5.10 Å². The molecular weight excluding hydrogens is 280 g/mol. The van der Waals surface area contributed by atoms with Gasteiger partial charge in [0.25, 0.3) is 10.0 Å². The van der Waals surface area contributed by atoms with Crippen molar-refractivity contribution in [2.45, 2.75) is 25.7 Å². The Morgan fingerprint density at radius 3 is 2.70 bits per heavy atom. The fourth-order valence-corrected chi connectivity index (χ4v) is 2.60. The maximum Gasteiger partial charge on any atom is 0.337 e. The Kier molecular flexibility index (Phi) is 3.93. The minimum atomic E-state index is -3.69. The summed E-state index contributed by atoms with van der Waals surface area (Å²) in [5, 5.41) is 6.20. The summed E-state index contributed by atoms with van der Waals surface area (Å²) in [6, 6.07) is 5.02. The van der Waals surface area contributed by atoms with E-state index in [1.807, 2.05) is 13.8 Å². The van der Waals surface area contributed by atoms with Crippen molar-refractivity contribution in [3.63, 3.8) is 0 Å². The molecule has 1 heterocycles. The van der Waals surface area contributed by atoms with E-state index in [-0.39, 0.29) is 16.9 Å². The Balaban J connectivity index is 2.23. The van der Waals surface area contributed by atoms with Crippen molar-refractivity contribution in [1.29, 1.82) is 0 Å². The van der Waals surface area contributed by atoms with Crippen LogP contribution in [0.25, 0.3) is 0 Å². The predicted octanol–water partition coefficient (Wildman–Crippen LogP) is 1.62. The summed E-state index contributed by atoms with van der Waals surface area (Å²) in [6.45, 7) is 5.97. The molecule has 0 aliphatic heterocycles. The second-order valence-electron chi connectivity index (χ2n) is 4.25. The zero-order chi connectivity index (χ0) is 14.8. The predicted molar refractivity (Wildman–Crippen MR) is 74.3 cm³/mol. The first kappa shape index (κ1) is 14.3. The number of aromatic nitrogens is 3. The van der Waals surface area contributed by atoms with Gasteiger partial charge in [0.05, 0.1) is 11.5 Å². The highest BCUT2D eigenvalue weighted by Gasteiger charge is 2.17. The summed E-state index contributed by atoms with van der Waals surface area (Å²) in [4.78, 5) is 4.05. The first-order valence-corrected chi connectivity index (χ1v) is 7.56. The molecule has 0 fully saturated rings. The molecule has 1 aromatic carbocycles. The first-order chi connectivity index (χ1) is 9.42. The number of rotatable bonds is 5. The van der Waals surface area contributed by atoms with Crippen LogP contribution < -0.4 is 9.46 Å². The van der Waals surface area contributed by atoms with E-state index < -0.39 is 10.0 Å². The lowest BCUT2D eigenvalue weighted by Gasteiger charge is -2.07. The molecule has 8 heteroatoms. The minimum Gasteiger partial charge on any atom is -0.463 e. The lowest BCUT2D eigenvalue weighted by molar-refractivity contribution is 0.314. The zero-order valence-corrected chi connectivity index (χ0v) is 12.3. The van der Waals surface area contributed by atoms with Gasteiger partial charge in [-0.25, -0.2) is 18.2 Å². The second kappa shape index (κ2) is 5.49. The highest BCUT2D eigenvalue weighted by Crippen LogP contribution is 2.17. The third kappa shape index (κ3) is 3.08. The van der Waals surface area contributed by atoms with Gasteiger partial charge in [-0.3, -0.25) is 0 Å². The summed E-state index contributed by atoms with van der Waals surface area (Å²) >= 11 is 0. The van der Waals surface area contributed by atoms with Crippen LogP contribution in [0.2, 0.25) is 0 Å². The van der Waals surface area contributed by atoms with Gasteiger partial charge in [0.1, 0.15) is 0 Å². The van der Waals surface area contributed by atoms with E-state index in [4.69, 9.17) is 4.74 Å². The van der Waals surface area contributed by atoms with Gasteiger partial charge in [-0.1, -0.05) is 6.07 Å². The van der Waals surface area contributed by atoms with Crippen LogP contribution >= 0.6 is 0 Å². The van der Waals surface area contributed by atoms with Gasteiger partial charge in [-0.05, 0) is 44.0 Å². The van der Waals surface area contributed by atoms with Gasteiger partial charge in [0.2, 0.25) is 5.95 Å². The molecule has 20 heavy (non-hydrogen) atoms. The van der Waals surface area contributed by atoms with Crippen molar-refractivity contribution in [3.05, 3.63) is 29.3 Å². The van der Waals surface area contributed by atoms with Gasteiger partial charge >= 0.3 is 6.01 Å². The standard InChI is InChI=1S/C12H16N4O3S/c1-4-19-12-13-11(14-15-12)16-20(17,18)10-6-5-8(2)9(3)7-10/h5-7H,4H2,1-3H3,(H2,13,14,15,16). The molecule has 0 amide bonds. The summed E-state index contributed by atoms with van der Waals surface area (Å²) in [6.07, 6.45) is 0. The van der Waals surface area contributed by atoms with Gasteiger partial charge in [-0.2, -0.15) is 4.98 Å². The number of aryl methyl sites for hydroxylation is 2. The molecule has 0 radical (unpaired) electrons. The van der Waals surface area contributed by atoms with E-state index in [1.165, 1.54) is 0 Å². The lowest BCUT2D eigenvalue weighted by atomic mass is 10.1. The maximum atomic E-state index is 12.2. The largest absolute Gasteiger partial charge is 0.463 e. The van der Waals surface area contributed by atoms with E-state index >= 15 is 0 Å². The molecule has 1 aromatic heterocycles. The molecule has 7 nitrogen and oxygen atoms in total. The molecule has 0 saturated carbocycles. The smallest absolute Gasteiger partial charge is 0.337 e. The molecular formula is C12H16N4O3S. The van der Waals surface area contributed by atoms with E-state index in [2.05, 4.69) is 19.9 Å². The molecule has 108 valence electrons. The Morgan fingerprint density at radius 1 is 1.30 bits per heavy atom. The number of hydrogen-bond acceptors (Lipinski definition) is 5. The normalized spacial score (nSPS) is 11.3. The quantitative estimate of drug-likeness (QED) is 0.874. The van der Waals surface area contributed by atoms with Crippen molar-refractivity contribution < 1.29 is 13.2 Å². The number of anilines is 1. The average Bonchev–Trinajstić information content (AvgIpc) is 2.79. The third-order valence-electron chi connectivity index (χ3n) is 2.76. The van der Waals surface area contributed by atoms with E-state index in [0.717, 1.165) is 11.1 Å². The van der Waals surface area contributed by atoms with Gasteiger partial charge < -0.3 is 4.74 Å².